The number of carbonyl (C=O) groups is 2. The molecule has 1 saturated heterocycles. The number of nitrogens with zero attached hydrogens (tertiary/aromatic N) is 2. The molecule has 0 spiro atoms. The number of nitrogens with one attached hydrogen (secondary N) is 1. The number of carboxylic acid groups (broad SMARTS) is 1. The number of likely N-dealkylation sites (N-methyl/N-ethyl adjacent to an activating group) is 1. The van der Waals surface area contributed by atoms with Crippen molar-refractivity contribution < 1.29 is 14.7 Å². The van der Waals surface area contributed by atoms with Crippen molar-refractivity contribution in [1.29, 1.82) is 0 Å². The molecule has 2 fully saturated rings. The number of aliphatic carboxylic acids is 1. The summed E-state index contributed by atoms with van der Waals surface area (Å²) < 4.78 is 0. The molecule has 0 aromatic heterocycles. The van der Waals surface area contributed by atoms with Crippen LogP contribution in [0.4, 0.5) is 4.79 Å². The highest BCUT2D eigenvalue weighted by Gasteiger charge is 2.36. The first-order valence-corrected chi connectivity index (χ1v) is 9.72. The molecule has 2 aliphatic rings. The lowest BCUT2D eigenvalue weighted by molar-refractivity contribution is -0.139. The smallest absolute Gasteiger partial charge is 0.317 e. The van der Waals surface area contributed by atoms with Crippen LogP contribution in [0.25, 0.3) is 0 Å². The molecule has 0 bridgehead atoms. The Kier molecular flexibility index (Phi) is 6.72. The van der Waals surface area contributed by atoms with Gasteiger partial charge in [0.15, 0.2) is 0 Å². The van der Waals surface area contributed by atoms with Crippen molar-refractivity contribution in [2.75, 3.05) is 26.2 Å². The van der Waals surface area contributed by atoms with Crippen molar-refractivity contribution in [3.63, 3.8) is 0 Å². The van der Waals surface area contributed by atoms with E-state index in [1.165, 1.54) is 6.42 Å². The molecule has 2 amide bonds. The second-order valence-corrected chi connectivity index (χ2v) is 8.71. The van der Waals surface area contributed by atoms with E-state index in [4.69, 9.17) is 5.11 Å². The Bertz CT molecular complexity index is 469. The third kappa shape index (κ3) is 5.59. The summed E-state index contributed by atoms with van der Waals surface area (Å²) >= 11 is 0. The van der Waals surface area contributed by atoms with Crippen molar-refractivity contribution in [2.24, 2.45) is 11.3 Å². The summed E-state index contributed by atoms with van der Waals surface area (Å²) in [5, 5.41) is 12.1. The zero-order chi connectivity index (χ0) is 18.6. The molecule has 25 heavy (non-hydrogen) atoms. The van der Waals surface area contributed by atoms with E-state index in [1.807, 2.05) is 16.7 Å². The quantitative estimate of drug-likeness (QED) is 0.797. The van der Waals surface area contributed by atoms with Gasteiger partial charge in [-0.2, -0.15) is 0 Å². The van der Waals surface area contributed by atoms with Crippen molar-refractivity contribution in [3.8, 4) is 0 Å². The summed E-state index contributed by atoms with van der Waals surface area (Å²) in [5.41, 5.74) is 0.307. The summed E-state index contributed by atoms with van der Waals surface area (Å²) in [7, 11) is 0. The van der Waals surface area contributed by atoms with E-state index in [1.54, 1.807) is 0 Å². The first-order valence-electron chi connectivity index (χ1n) is 9.72. The number of carboxylic acids is 1. The van der Waals surface area contributed by atoms with Crippen LogP contribution >= 0.6 is 0 Å². The SMILES string of the molecule is CCN(CC(=O)O)C1CC(NC(=O)N2CCCC(C(C)(C)C)CC2)C1. The Balaban J connectivity index is 1.75. The Morgan fingerprint density at radius 1 is 1.20 bits per heavy atom. The predicted molar refractivity (Wildman–Crippen MR) is 98.6 cm³/mol. The van der Waals surface area contributed by atoms with Crippen LogP contribution in [0.2, 0.25) is 0 Å². The maximum atomic E-state index is 12.5. The predicted octanol–water partition coefficient (Wildman–Crippen LogP) is 2.78. The van der Waals surface area contributed by atoms with Crippen molar-refractivity contribution in [2.45, 2.75) is 71.9 Å². The van der Waals surface area contributed by atoms with Gasteiger partial charge in [0.25, 0.3) is 0 Å². The molecular formula is C19H35N3O3. The zero-order valence-electron chi connectivity index (χ0n) is 16.3. The average molecular weight is 354 g/mol. The van der Waals surface area contributed by atoms with Crippen LogP contribution in [-0.2, 0) is 4.79 Å². The lowest BCUT2D eigenvalue weighted by Gasteiger charge is -2.42. The van der Waals surface area contributed by atoms with Crippen molar-refractivity contribution in [3.05, 3.63) is 0 Å². The van der Waals surface area contributed by atoms with Crippen molar-refractivity contribution >= 4 is 12.0 Å². The Morgan fingerprint density at radius 2 is 1.88 bits per heavy atom. The molecule has 1 aliphatic heterocycles. The summed E-state index contributed by atoms with van der Waals surface area (Å²) in [4.78, 5) is 27.4. The van der Waals surface area contributed by atoms with E-state index < -0.39 is 5.97 Å². The molecule has 2 N–H and O–H groups in total. The van der Waals surface area contributed by atoms with Gasteiger partial charge >= 0.3 is 12.0 Å². The van der Waals surface area contributed by atoms with Crippen LogP contribution in [0.1, 0.15) is 59.8 Å². The molecule has 1 aliphatic carbocycles. The first-order chi connectivity index (χ1) is 11.7. The van der Waals surface area contributed by atoms with Crippen LogP contribution in [0.5, 0.6) is 0 Å². The molecule has 0 radical (unpaired) electrons. The highest BCUT2D eigenvalue weighted by molar-refractivity contribution is 5.74. The number of carbonyl (C=O) groups excluding carboxylic acids is 1. The average Bonchev–Trinajstić information content (AvgIpc) is 2.73. The molecule has 2 rings (SSSR count). The lowest BCUT2D eigenvalue weighted by atomic mass is 9.77. The Morgan fingerprint density at radius 3 is 2.44 bits per heavy atom. The largest absolute Gasteiger partial charge is 0.480 e. The number of amides is 2. The second kappa shape index (κ2) is 8.39. The topological polar surface area (TPSA) is 72.9 Å². The first kappa shape index (κ1) is 20.0. The summed E-state index contributed by atoms with van der Waals surface area (Å²) in [6.45, 7) is 11.4. The molecular weight excluding hydrogens is 318 g/mol. The van der Waals surface area contributed by atoms with E-state index in [2.05, 4.69) is 26.1 Å². The minimum Gasteiger partial charge on any atom is -0.480 e. The van der Waals surface area contributed by atoms with Gasteiger partial charge in [0, 0.05) is 25.2 Å². The number of hydrogen-bond acceptors (Lipinski definition) is 3. The fourth-order valence-corrected chi connectivity index (χ4v) is 4.11. The van der Waals surface area contributed by atoms with Gasteiger partial charge in [0.1, 0.15) is 0 Å². The molecule has 1 heterocycles. The zero-order valence-corrected chi connectivity index (χ0v) is 16.3. The van der Waals surface area contributed by atoms with Gasteiger partial charge in [-0.15, -0.1) is 0 Å². The number of urea groups is 1. The van der Waals surface area contributed by atoms with E-state index in [-0.39, 0.29) is 24.7 Å². The third-order valence-corrected chi connectivity index (χ3v) is 5.94. The maximum Gasteiger partial charge on any atom is 0.317 e. The van der Waals surface area contributed by atoms with Crippen LogP contribution < -0.4 is 5.32 Å². The monoisotopic (exact) mass is 353 g/mol. The van der Waals surface area contributed by atoms with E-state index in [9.17, 15) is 9.59 Å². The third-order valence-electron chi connectivity index (χ3n) is 5.94. The molecule has 0 aromatic rings. The molecule has 144 valence electrons. The molecule has 6 nitrogen and oxygen atoms in total. The van der Waals surface area contributed by atoms with Gasteiger partial charge in [-0.1, -0.05) is 27.7 Å². The fraction of sp³-hybridized carbons (Fsp3) is 0.895. The summed E-state index contributed by atoms with van der Waals surface area (Å²) in [5.74, 6) is -0.111. The van der Waals surface area contributed by atoms with Gasteiger partial charge < -0.3 is 15.3 Å². The summed E-state index contributed by atoms with van der Waals surface area (Å²) in [6.07, 6.45) is 5.05. The van der Waals surface area contributed by atoms with Crippen molar-refractivity contribution in [1.82, 2.24) is 15.1 Å². The van der Waals surface area contributed by atoms with E-state index in [0.29, 0.717) is 11.3 Å². The summed E-state index contributed by atoms with van der Waals surface area (Å²) in [6, 6.07) is 0.516. The molecule has 1 unspecified atom stereocenters. The second-order valence-electron chi connectivity index (χ2n) is 8.71. The van der Waals surface area contributed by atoms with Gasteiger partial charge in [0.2, 0.25) is 0 Å². The van der Waals surface area contributed by atoms with Crippen LogP contribution in [0.15, 0.2) is 0 Å². The lowest BCUT2D eigenvalue weighted by Crippen LogP contribution is -2.56. The minimum absolute atomic E-state index is 0.0549. The number of rotatable bonds is 5. The maximum absolute atomic E-state index is 12.5. The van der Waals surface area contributed by atoms with Gasteiger partial charge in [-0.3, -0.25) is 9.69 Å². The van der Waals surface area contributed by atoms with Crippen LogP contribution in [0.3, 0.4) is 0 Å². The minimum atomic E-state index is -0.785. The molecule has 6 heteroatoms. The van der Waals surface area contributed by atoms with Gasteiger partial charge in [-0.25, -0.2) is 4.79 Å². The normalized spacial score (nSPS) is 27.6. The molecule has 1 atom stereocenters. The van der Waals surface area contributed by atoms with Crippen LogP contribution in [0, 0.1) is 11.3 Å². The van der Waals surface area contributed by atoms with E-state index in [0.717, 1.165) is 45.3 Å². The Labute approximate surface area is 151 Å². The highest BCUT2D eigenvalue weighted by Crippen LogP contribution is 2.34. The van der Waals surface area contributed by atoms with Gasteiger partial charge in [-0.05, 0) is 50.0 Å². The molecule has 1 saturated carbocycles. The Hall–Kier alpha value is -1.30. The standard InChI is InChI=1S/C19H35N3O3/c1-5-21(13-17(23)24)16-11-15(12-16)20-18(25)22-9-6-7-14(8-10-22)19(2,3)4/h14-16H,5-13H2,1-4H3,(H,20,25)(H,23,24). The number of likely N-dealkylation sites (tertiary alicyclic amines) is 1. The number of hydrogen-bond donors (Lipinski definition) is 2. The van der Waals surface area contributed by atoms with Gasteiger partial charge in [0.05, 0.1) is 6.54 Å². The van der Waals surface area contributed by atoms with Crippen LogP contribution in [-0.4, -0.2) is 65.2 Å². The molecule has 0 aromatic carbocycles. The fourth-order valence-electron chi connectivity index (χ4n) is 4.11. The van der Waals surface area contributed by atoms with E-state index >= 15 is 0 Å². The highest BCUT2D eigenvalue weighted by atomic mass is 16.4.